The molecule has 3 heteroatoms. The highest BCUT2D eigenvalue weighted by atomic mass is 15.0. The average Bonchev–Trinajstić information content (AvgIpc) is 3.30. The van der Waals surface area contributed by atoms with Crippen molar-refractivity contribution in [2.75, 3.05) is 0 Å². The summed E-state index contributed by atoms with van der Waals surface area (Å²) in [6.07, 6.45) is 1.11. The van der Waals surface area contributed by atoms with E-state index in [2.05, 4.69) is 167 Å². The van der Waals surface area contributed by atoms with E-state index in [1.807, 2.05) is 0 Å². The first-order chi connectivity index (χ1) is 22.7. The second-order valence-corrected chi connectivity index (χ2v) is 14.1. The Kier molecular flexibility index (Phi) is 6.88. The lowest BCUT2D eigenvalue weighted by atomic mass is 9.82. The van der Waals surface area contributed by atoms with Gasteiger partial charge in [-0.1, -0.05) is 149 Å². The van der Waals surface area contributed by atoms with E-state index in [9.17, 15) is 0 Å². The van der Waals surface area contributed by atoms with Gasteiger partial charge in [0.25, 0.3) is 0 Å². The molecule has 3 nitrogen and oxygen atoms in total. The molecule has 6 aromatic carbocycles. The standard InChI is InChI=1S/C44H37N3/c1-43(2)28-44(3,4)39-27-35(22-24-38(39)43)42-46-40(33-20-19-29-13-11-12-18-32(29)25-33)45-41(47-42)34-21-23-36(30-14-7-5-8-15-30)37(26-34)31-16-9-6-10-17-31/h5-27H,28H2,1-4H3. The van der Waals surface area contributed by atoms with Crippen LogP contribution < -0.4 is 0 Å². The Morgan fingerprint density at radius 3 is 1.53 bits per heavy atom. The van der Waals surface area contributed by atoms with Gasteiger partial charge in [-0.05, 0) is 79.6 Å². The summed E-state index contributed by atoms with van der Waals surface area (Å²) in [5.74, 6) is 2.02. The van der Waals surface area contributed by atoms with Crippen LogP contribution in [0.3, 0.4) is 0 Å². The van der Waals surface area contributed by atoms with E-state index in [-0.39, 0.29) is 10.8 Å². The van der Waals surface area contributed by atoms with Gasteiger partial charge in [0.15, 0.2) is 17.5 Å². The van der Waals surface area contributed by atoms with Crippen LogP contribution in [0.1, 0.15) is 45.2 Å². The Bertz CT molecular complexity index is 2270. The van der Waals surface area contributed by atoms with Crippen LogP contribution in [0.25, 0.3) is 67.2 Å². The Labute approximate surface area is 277 Å². The van der Waals surface area contributed by atoms with Crippen molar-refractivity contribution in [3.8, 4) is 56.4 Å². The monoisotopic (exact) mass is 607 g/mol. The van der Waals surface area contributed by atoms with Gasteiger partial charge < -0.3 is 0 Å². The maximum absolute atomic E-state index is 5.19. The number of nitrogens with zero attached hydrogens (tertiary/aromatic N) is 3. The molecule has 1 aromatic heterocycles. The van der Waals surface area contributed by atoms with Crippen LogP contribution in [0.2, 0.25) is 0 Å². The van der Waals surface area contributed by atoms with E-state index >= 15 is 0 Å². The quantitative estimate of drug-likeness (QED) is 0.195. The highest BCUT2D eigenvalue weighted by Crippen LogP contribution is 2.50. The molecule has 0 unspecified atom stereocenters. The molecule has 1 heterocycles. The van der Waals surface area contributed by atoms with Crippen molar-refractivity contribution in [1.82, 2.24) is 15.0 Å². The van der Waals surface area contributed by atoms with Gasteiger partial charge in [-0.15, -0.1) is 0 Å². The predicted octanol–water partition coefficient (Wildman–Crippen LogP) is 11.3. The normalized spacial score (nSPS) is 14.6. The van der Waals surface area contributed by atoms with Crippen LogP contribution in [-0.4, -0.2) is 15.0 Å². The van der Waals surface area contributed by atoms with Crippen LogP contribution in [0.5, 0.6) is 0 Å². The number of rotatable bonds is 5. The Morgan fingerprint density at radius 1 is 0.383 bits per heavy atom. The summed E-state index contributed by atoms with van der Waals surface area (Å²) in [4.78, 5) is 15.5. The molecule has 0 spiro atoms. The fourth-order valence-corrected chi connectivity index (χ4v) is 7.63. The van der Waals surface area contributed by atoms with Crippen LogP contribution in [0, 0.1) is 0 Å². The van der Waals surface area contributed by atoms with Crippen molar-refractivity contribution in [3.63, 3.8) is 0 Å². The summed E-state index contributed by atoms with van der Waals surface area (Å²) in [5, 5.41) is 2.35. The van der Waals surface area contributed by atoms with Crippen molar-refractivity contribution in [1.29, 1.82) is 0 Å². The largest absolute Gasteiger partial charge is 0.208 e. The third kappa shape index (κ3) is 5.32. The molecular formula is C44H37N3. The highest BCUT2D eigenvalue weighted by Gasteiger charge is 2.41. The second-order valence-electron chi connectivity index (χ2n) is 14.1. The molecular weight excluding hydrogens is 571 g/mol. The lowest BCUT2D eigenvalue weighted by molar-refractivity contribution is 0.403. The maximum Gasteiger partial charge on any atom is 0.164 e. The van der Waals surface area contributed by atoms with Crippen molar-refractivity contribution < 1.29 is 0 Å². The first-order valence-electron chi connectivity index (χ1n) is 16.4. The summed E-state index contributed by atoms with van der Waals surface area (Å²) in [6, 6.07) is 49.4. The van der Waals surface area contributed by atoms with Gasteiger partial charge in [-0.25, -0.2) is 15.0 Å². The topological polar surface area (TPSA) is 38.7 Å². The predicted molar refractivity (Wildman–Crippen MR) is 195 cm³/mol. The number of aromatic nitrogens is 3. The summed E-state index contributed by atoms with van der Waals surface area (Å²) >= 11 is 0. The van der Waals surface area contributed by atoms with Gasteiger partial charge in [-0.3, -0.25) is 0 Å². The third-order valence-electron chi connectivity index (χ3n) is 9.71. The summed E-state index contributed by atoms with van der Waals surface area (Å²) < 4.78 is 0. The zero-order valence-corrected chi connectivity index (χ0v) is 27.3. The second kappa shape index (κ2) is 11.1. The van der Waals surface area contributed by atoms with E-state index < -0.39 is 0 Å². The van der Waals surface area contributed by atoms with Crippen molar-refractivity contribution >= 4 is 10.8 Å². The molecule has 0 aliphatic heterocycles. The molecule has 0 saturated heterocycles. The molecule has 1 aliphatic rings. The SMILES string of the molecule is CC1(C)CC(C)(C)c2cc(-c3nc(-c4ccc(-c5ccccc5)c(-c5ccccc5)c4)nc(-c4ccc5ccccc5c4)n3)ccc21. The van der Waals surface area contributed by atoms with Crippen molar-refractivity contribution in [2.45, 2.75) is 44.9 Å². The van der Waals surface area contributed by atoms with Gasteiger partial charge in [0.1, 0.15) is 0 Å². The minimum atomic E-state index is 0.0731. The minimum absolute atomic E-state index is 0.0731. The number of fused-ring (bicyclic) bond motifs is 2. The van der Waals surface area contributed by atoms with Gasteiger partial charge in [-0.2, -0.15) is 0 Å². The van der Waals surface area contributed by atoms with Gasteiger partial charge in [0, 0.05) is 16.7 Å². The lowest BCUT2D eigenvalue weighted by Crippen LogP contribution is -2.17. The summed E-state index contributed by atoms with van der Waals surface area (Å²) in [7, 11) is 0. The number of benzene rings is 6. The van der Waals surface area contributed by atoms with E-state index in [0.29, 0.717) is 17.5 Å². The van der Waals surface area contributed by atoms with Gasteiger partial charge in [0.2, 0.25) is 0 Å². The lowest BCUT2D eigenvalue weighted by Gasteiger charge is -2.22. The van der Waals surface area contributed by atoms with E-state index in [0.717, 1.165) is 39.6 Å². The van der Waals surface area contributed by atoms with Crippen LogP contribution in [0.15, 0.2) is 140 Å². The molecule has 0 fully saturated rings. The Morgan fingerprint density at radius 2 is 0.872 bits per heavy atom. The molecule has 1 aliphatic carbocycles. The van der Waals surface area contributed by atoms with E-state index in [1.165, 1.54) is 27.6 Å². The summed E-state index contributed by atoms with van der Waals surface area (Å²) in [5.41, 5.74) is 10.6. The summed E-state index contributed by atoms with van der Waals surface area (Å²) in [6.45, 7) is 9.40. The molecule has 228 valence electrons. The van der Waals surface area contributed by atoms with Gasteiger partial charge in [0.05, 0.1) is 0 Å². The van der Waals surface area contributed by atoms with Crippen molar-refractivity contribution in [3.05, 3.63) is 151 Å². The molecule has 0 radical (unpaired) electrons. The fraction of sp³-hybridized carbons (Fsp3) is 0.159. The van der Waals surface area contributed by atoms with E-state index in [1.54, 1.807) is 0 Å². The van der Waals surface area contributed by atoms with Crippen LogP contribution in [0.4, 0.5) is 0 Å². The third-order valence-corrected chi connectivity index (χ3v) is 9.71. The van der Waals surface area contributed by atoms with Gasteiger partial charge >= 0.3 is 0 Å². The van der Waals surface area contributed by atoms with E-state index in [4.69, 9.17) is 15.0 Å². The average molecular weight is 608 g/mol. The molecule has 0 saturated carbocycles. The number of hydrogen-bond acceptors (Lipinski definition) is 3. The molecule has 0 N–H and O–H groups in total. The minimum Gasteiger partial charge on any atom is -0.208 e. The zero-order chi connectivity index (χ0) is 32.2. The molecule has 47 heavy (non-hydrogen) atoms. The first-order valence-corrected chi connectivity index (χ1v) is 16.4. The Hall–Kier alpha value is -5.41. The smallest absolute Gasteiger partial charge is 0.164 e. The first kappa shape index (κ1) is 29.0. The molecule has 0 bridgehead atoms. The van der Waals surface area contributed by atoms with Crippen molar-refractivity contribution in [2.24, 2.45) is 0 Å². The molecule has 7 aromatic rings. The number of hydrogen-bond donors (Lipinski definition) is 0. The maximum atomic E-state index is 5.19. The molecule has 0 atom stereocenters. The highest BCUT2D eigenvalue weighted by molar-refractivity contribution is 5.88. The molecule has 0 amide bonds. The van der Waals surface area contributed by atoms with Crippen LogP contribution in [-0.2, 0) is 10.8 Å². The Balaban J connectivity index is 1.33. The fourth-order valence-electron chi connectivity index (χ4n) is 7.63. The molecule has 8 rings (SSSR count). The zero-order valence-electron chi connectivity index (χ0n) is 27.3. The van der Waals surface area contributed by atoms with Crippen LogP contribution >= 0.6 is 0 Å².